The number of benzene rings is 1. The number of rotatable bonds is 5. The molecule has 14 heteroatoms. The molecule has 1 saturated heterocycles. The van der Waals surface area contributed by atoms with Gasteiger partial charge in [-0.25, -0.2) is 27.9 Å². The number of halogens is 3. The van der Waals surface area contributed by atoms with Gasteiger partial charge in [0, 0.05) is 18.3 Å². The molecule has 1 aromatic heterocycles. The fraction of sp³-hybridized carbons (Fsp3) is 0.222. The molecule has 170 valence electrons. The number of allylic oxidation sites excluding steroid dienone is 1. The van der Waals surface area contributed by atoms with E-state index in [1.165, 1.54) is 12.1 Å². The molecular formula is C18H17F3N6O4S. The van der Waals surface area contributed by atoms with Crippen LogP contribution < -0.4 is 15.4 Å². The number of hydrogen-bond acceptors (Lipinski definition) is 8. The van der Waals surface area contributed by atoms with Crippen molar-refractivity contribution in [1.29, 1.82) is 5.41 Å². The maximum absolute atomic E-state index is 13.3. The molecule has 1 aliphatic heterocycles. The predicted molar refractivity (Wildman–Crippen MR) is 108 cm³/mol. The highest BCUT2D eigenvalue weighted by Gasteiger charge is 2.34. The molecule has 0 bridgehead atoms. The summed E-state index contributed by atoms with van der Waals surface area (Å²) in [6, 6.07) is 7.15. The van der Waals surface area contributed by atoms with Gasteiger partial charge in [0.1, 0.15) is 0 Å². The SMILES string of the molecule is N=C/C(=C1\NCCCO1)S(=O)(=O)NC(=O)Nc1nc(-c2ccccc2)cc(C(F)(F)F)n1. The zero-order chi connectivity index (χ0) is 23.4. The summed E-state index contributed by atoms with van der Waals surface area (Å²) in [6.07, 6.45) is -3.76. The van der Waals surface area contributed by atoms with Gasteiger partial charge in [-0.1, -0.05) is 30.3 Å². The average Bonchev–Trinajstić information content (AvgIpc) is 2.74. The third-order valence-corrected chi connectivity index (χ3v) is 5.37. The van der Waals surface area contributed by atoms with E-state index in [4.69, 9.17) is 10.1 Å². The van der Waals surface area contributed by atoms with Crippen LogP contribution in [0.4, 0.5) is 23.9 Å². The molecular weight excluding hydrogens is 453 g/mol. The van der Waals surface area contributed by atoms with Gasteiger partial charge in [0.25, 0.3) is 10.0 Å². The molecule has 0 saturated carbocycles. The van der Waals surface area contributed by atoms with Gasteiger partial charge < -0.3 is 15.5 Å². The van der Waals surface area contributed by atoms with Crippen molar-refractivity contribution in [3.63, 3.8) is 0 Å². The highest BCUT2D eigenvalue weighted by atomic mass is 32.2. The first-order chi connectivity index (χ1) is 15.1. The second kappa shape index (κ2) is 9.21. The van der Waals surface area contributed by atoms with Crippen molar-refractivity contribution < 1.29 is 31.1 Å². The molecule has 0 spiro atoms. The van der Waals surface area contributed by atoms with Crippen LogP contribution in [0.1, 0.15) is 12.1 Å². The molecule has 4 N–H and O–H groups in total. The Bertz CT molecular complexity index is 1150. The molecule has 2 heterocycles. The Kier molecular flexibility index (Phi) is 6.62. The third kappa shape index (κ3) is 5.51. The van der Waals surface area contributed by atoms with E-state index in [9.17, 15) is 26.4 Å². The Morgan fingerprint density at radius 1 is 1.22 bits per heavy atom. The molecule has 2 aromatic rings. The van der Waals surface area contributed by atoms with Gasteiger partial charge in [0.05, 0.1) is 12.3 Å². The van der Waals surface area contributed by atoms with Crippen molar-refractivity contribution in [3.8, 4) is 11.3 Å². The summed E-state index contributed by atoms with van der Waals surface area (Å²) in [4.78, 5) is 18.7. The van der Waals surface area contributed by atoms with Crippen molar-refractivity contribution in [1.82, 2.24) is 20.0 Å². The van der Waals surface area contributed by atoms with Gasteiger partial charge in [-0.15, -0.1) is 0 Å². The standard InChI is InChI=1S/C18H17F3N6O4S/c19-18(20,21)14-9-12(11-5-2-1-3-6-11)24-16(25-14)26-17(28)27-32(29,30)13(10-22)15-23-7-4-8-31-15/h1-3,5-6,9-10,22-23H,4,7-8H2,(H2,24,25,26,27,28)/b15-13-,22-10?. The first-order valence-electron chi connectivity index (χ1n) is 9.07. The van der Waals surface area contributed by atoms with Gasteiger partial charge in [-0.05, 0) is 12.5 Å². The number of nitrogens with one attached hydrogen (secondary N) is 4. The van der Waals surface area contributed by atoms with E-state index in [1.54, 1.807) is 22.9 Å². The molecule has 1 aliphatic rings. The topological polar surface area (TPSA) is 146 Å². The fourth-order valence-corrected chi connectivity index (χ4v) is 3.57. The number of carbonyl (C=O) groups excluding carboxylic acids is 1. The summed E-state index contributed by atoms with van der Waals surface area (Å²) in [6.45, 7) is 0.608. The lowest BCUT2D eigenvalue weighted by Gasteiger charge is -2.20. The average molecular weight is 470 g/mol. The monoisotopic (exact) mass is 470 g/mol. The molecule has 2 amide bonds. The van der Waals surface area contributed by atoms with Crippen molar-refractivity contribution in [3.05, 3.63) is 52.9 Å². The quantitative estimate of drug-likeness (QED) is 0.491. The Balaban J connectivity index is 1.87. The second-order valence-electron chi connectivity index (χ2n) is 6.35. The Labute approximate surface area is 180 Å². The van der Waals surface area contributed by atoms with Gasteiger partial charge in [0.2, 0.25) is 11.8 Å². The van der Waals surface area contributed by atoms with Crippen LogP contribution in [0, 0.1) is 5.41 Å². The van der Waals surface area contributed by atoms with Crippen molar-refractivity contribution in [2.75, 3.05) is 18.5 Å². The minimum absolute atomic E-state index is 0.131. The van der Waals surface area contributed by atoms with E-state index in [1.807, 2.05) is 5.32 Å². The van der Waals surface area contributed by atoms with Crippen LogP contribution in [-0.2, 0) is 20.9 Å². The van der Waals surface area contributed by atoms with Crippen LogP contribution in [0.15, 0.2) is 47.2 Å². The smallest absolute Gasteiger partial charge is 0.433 e. The highest BCUT2D eigenvalue weighted by Crippen LogP contribution is 2.31. The first kappa shape index (κ1) is 23.0. The lowest BCUT2D eigenvalue weighted by molar-refractivity contribution is -0.141. The summed E-state index contributed by atoms with van der Waals surface area (Å²) >= 11 is 0. The Hall–Kier alpha value is -3.68. The van der Waals surface area contributed by atoms with Crippen LogP contribution in [0.25, 0.3) is 11.3 Å². The van der Waals surface area contributed by atoms with Gasteiger partial charge in [-0.2, -0.15) is 13.2 Å². The number of nitrogens with zero attached hydrogens (tertiary/aromatic N) is 2. The van der Waals surface area contributed by atoms with Crippen LogP contribution >= 0.6 is 0 Å². The van der Waals surface area contributed by atoms with Crippen LogP contribution in [0.3, 0.4) is 0 Å². The molecule has 1 aromatic carbocycles. The number of hydrogen-bond donors (Lipinski definition) is 4. The van der Waals surface area contributed by atoms with Crippen LogP contribution in [0.2, 0.25) is 0 Å². The first-order valence-corrected chi connectivity index (χ1v) is 10.6. The maximum atomic E-state index is 13.3. The van der Waals surface area contributed by atoms with Crippen LogP contribution in [0.5, 0.6) is 0 Å². The zero-order valence-corrected chi connectivity index (χ0v) is 17.0. The Morgan fingerprint density at radius 2 is 1.94 bits per heavy atom. The number of urea groups is 1. The lowest BCUT2D eigenvalue weighted by atomic mass is 10.1. The van der Waals surface area contributed by atoms with Crippen molar-refractivity contribution >= 4 is 28.2 Å². The van der Waals surface area contributed by atoms with E-state index in [0.29, 0.717) is 30.8 Å². The summed E-state index contributed by atoms with van der Waals surface area (Å²) in [5, 5.41) is 11.9. The van der Waals surface area contributed by atoms with E-state index >= 15 is 0 Å². The number of carbonyl (C=O) groups is 1. The van der Waals surface area contributed by atoms with E-state index in [0.717, 1.165) is 0 Å². The van der Waals surface area contributed by atoms with E-state index in [2.05, 4.69) is 15.3 Å². The van der Waals surface area contributed by atoms with Gasteiger partial charge >= 0.3 is 12.2 Å². The number of aromatic nitrogens is 2. The highest BCUT2D eigenvalue weighted by molar-refractivity contribution is 7.94. The van der Waals surface area contributed by atoms with Crippen molar-refractivity contribution in [2.24, 2.45) is 0 Å². The Morgan fingerprint density at radius 3 is 2.53 bits per heavy atom. The van der Waals surface area contributed by atoms with Gasteiger partial charge in [0.15, 0.2) is 10.6 Å². The molecule has 1 fully saturated rings. The fourth-order valence-electron chi connectivity index (χ4n) is 2.63. The summed E-state index contributed by atoms with van der Waals surface area (Å²) in [7, 11) is -4.58. The normalized spacial score (nSPS) is 15.7. The number of sulfonamides is 1. The summed E-state index contributed by atoms with van der Waals surface area (Å²) < 4.78 is 71.5. The summed E-state index contributed by atoms with van der Waals surface area (Å²) in [5.74, 6) is -0.976. The molecule has 0 unspecified atom stereocenters. The minimum atomic E-state index is -4.84. The number of ether oxygens (including phenoxy) is 1. The third-order valence-electron chi connectivity index (χ3n) is 4.04. The number of amides is 2. The van der Waals surface area contributed by atoms with Crippen LogP contribution in [-0.4, -0.2) is 43.8 Å². The molecule has 0 atom stereocenters. The maximum Gasteiger partial charge on any atom is 0.433 e. The zero-order valence-electron chi connectivity index (χ0n) is 16.2. The summed E-state index contributed by atoms with van der Waals surface area (Å²) in [5.41, 5.74) is -1.13. The molecule has 0 radical (unpaired) electrons. The molecule has 0 aliphatic carbocycles. The lowest BCUT2D eigenvalue weighted by Crippen LogP contribution is -2.38. The number of anilines is 1. The predicted octanol–water partition coefficient (Wildman–Crippen LogP) is 2.44. The molecule has 3 rings (SSSR count). The minimum Gasteiger partial charge on any atom is -0.478 e. The second-order valence-corrected chi connectivity index (χ2v) is 8.00. The van der Waals surface area contributed by atoms with Crippen molar-refractivity contribution in [2.45, 2.75) is 12.6 Å². The van der Waals surface area contributed by atoms with E-state index < -0.39 is 38.8 Å². The van der Waals surface area contributed by atoms with Gasteiger partial charge in [-0.3, -0.25) is 5.32 Å². The molecule has 32 heavy (non-hydrogen) atoms. The number of alkyl halides is 3. The molecule has 10 nitrogen and oxygen atoms in total. The van der Waals surface area contributed by atoms with E-state index in [-0.39, 0.29) is 18.2 Å². The largest absolute Gasteiger partial charge is 0.478 e.